The van der Waals surface area contributed by atoms with Crippen LogP contribution in [0.3, 0.4) is 0 Å². The van der Waals surface area contributed by atoms with Gasteiger partial charge in [-0.25, -0.2) is 0 Å². The van der Waals surface area contributed by atoms with Crippen molar-refractivity contribution < 1.29 is 14.3 Å². The van der Waals surface area contributed by atoms with Crippen molar-refractivity contribution >= 4 is 11.8 Å². The van der Waals surface area contributed by atoms with Crippen LogP contribution < -0.4 is 4.74 Å². The summed E-state index contributed by atoms with van der Waals surface area (Å²) in [7, 11) is 0. The molecular weight excluding hydrogens is 230 g/mol. The van der Waals surface area contributed by atoms with Crippen LogP contribution in [0.2, 0.25) is 0 Å². The summed E-state index contributed by atoms with van der Waals surface area (Å²) < 4.78 is 5.51. The molecule has 0 spiro atoms. The molecule has 1 aliphatic heterocycles. The molecular formula is C14H15NO3. The van der Waals surface area contributed by atoms with E-state index >= 15 is 0 Å². The van der Waals surface area contributed by atoms with Gasteiger partial charge in [0.15, 0.2) is 0 Å². The topological polar surface area (TPSA) is 46.6 Å². The number of benzene rings is 1. The van der Waals surface area contributed by atoms with Crippen molar-refractivity contribution in [1.29, 1.82) is 0 Å². The van der Waals surface area contributed by atoms with Gasteiger partial charge in [0.1, 0.15) is 12.4 Å². The summed E-state index contributed by atoms with van der Waals surface area (Å²) in [6, 6.07) is 7.65. The highest BCUT2D eigenvalue weighted by Crippen LogP contribution is 2.14. The largest absolute Gasteiger partial charge is 0.492 e. The second-order valence-corrected chi connectivity index (χ2v) is 4.29. The molecule has 4 heteroatoms. The Bertz CT molecular complexity index is 520. The first-order valence-electron chi connectivity index (χ1n) is 5.81. The highest BCUT2D eigenvalue weighted by atomic mass is 16.5. The van der Waals surface area contributed by atoms with Gasteiger partial charge in [-0.05, 0) is 31.5 Å². The number of carbonyl (C=O) groups excluding carboxylic acids is 2. The molecule has 18 heavy (non-hydrogen) atoms. The van der Waals surface area contributed by atoms with Gasteiger partial charge in [-0.15, -0.1) is 0 Å². The standard InChI is InChI=1S/C14H15NO3/c1-10-4-3-5-12(8-10)18-7-6-15-13(16)9-11(2)14(15)17/h3-5,8-9H,6-7H2,1-2H3. The molecule has 0 atom stereocenters. The minimum Gasteiger partial charge on any atom is -0.492 e. The Labute approximate surface area is 106 Å². The molecule has 4 nitrogen and oxygen atoms in total. The van der Waals surface area contributed by atoms with E-state index in [0.29, 0.717) is 12.2 Å². The number of amides is 2. The smallest absolute Gasteiger partial charge is 0.256 e. The fourth-order valence-corrected chi connectivity index (χ4v) is 1.81. The number of hydrogen-bond acceptors (Lipinski definition) is 3. The van der Waals surface area contributed by atoms with Crippen molar-refractivity contribution in [3.05, 3.63) is 41.5 Å². The van der Waals surface area contributed by atoms with Gasteiger partial charge < -0.3 is 4.74 Å². The Kier molecular flexibility index (Phi) is 3.46. The van der Waals surface area contributed by atoms with Gasteiger partial charge in [-0.1, -0.05) is 12.1 Å². The number of aryl methyl sites for hydroxylation is 1. The monoisotopic (exact) mass is 245 g/mol. The molecule has 94 valence electrons. The number of rotatable bonds is 4. The van der Waals surface area contributed by atoms with Crippen LogP contribution in [0.15, 0.2) is 35.9 Å². The first-order valence-corrected chi connectivity index (χ1v) is 5.81. The summed E-state index contributed by atoms with van der Waals surface area (Å²) >= 11 is 0. The van der Waals surface area contributed by atoms with Crippen molar-refractivity contribution in [3.8, 4) is 5.75 Å². The second kappa shape index (κ2) is 5.04. The SMILES string of the molecule is CC1=CC(=O)N(CCOc2cccc(C)c2)C1=O. The number of ether oxygens (including phenoxy) is 1. The molecule has 0 N–H and O–H groups in total. The summed E-state index contributed by atoms with van der Waals surface area (Å²) in [5.74, 6) is 0.261. The van der Waals surface area contributed by atoms with E-state index in [1.54, 1.807) is 6.92 Å². The molecule has 1 aromatic carbocycles. The van der Waals surface area contributed by atoms with Gasteiger partial charge in [0.05, 0.1) is 6.54 Å². The zero-order chi connectivity index (χ0) is 13.1. The molecule has 0 saturated carbocycles. The lowest BCUT2D eigenvalue weighted by Gasteiger charge is -2.15. The van der Waals surface area contributed by atoms with E-state index in [2.05, 4.69) is 0 Å². The number of nitrogens with zero attached hydrogens (tertiary/aromatic N) is 1. The normalized spacial score (nSPS) is 15.0. The summed E-state index contributed by atoms with van der Waals surface area (Å²) in [5, 5.41) is 0. The van der Waals surface area contributed by atoms with Crippen molar-refractivity contribution in [2.24, 2.45) is 0 Å². The Hall–Kier alpha value is -2.10. The Morgan fingerprint density at radius 1 is 1.22 bits per heavy atom. The van der Waals surface area contributed by atoms with Gasteiger partial charge in [-0.2, -0.15) is 0 Å². The van der Waals surface area contributed by atoms with Crippen LogP contribution in [-0.4, -0.2) is 29.9 Å². The Morgan fingerprint density at radius 2 is 2.00 bits per heavy atom. The first kappa shape index (κ1) is 12.4. The fourth-order valence-electron chi connectivity index (χ4n) is 1.81. The zero-order valence-electron chi connectivity index (χ0n) is 10.5. The lowest BCUT2D eigenvalue weighted by atomic mass is 10.2. The van der Waals surface area contributed by atoms with E-state index in [-0.39, 0.29) is 18.4 Å². The average molecular weight is 245 g/mol. The van der Waals surface area contributed by atoms with Crippen molar-refractivity contribution in [2.75, 3.05) is 13.2 Å². The molecule has 0 fully saturated rings. The average Bonchev–Trinajstić information content (AvgIpc) is 2.56. The van der Waals surface area contributed by atoms with E-state index in [9.17, 15) is 9.59 Å². The fraction of sp³-hybridized carbons (Fsp3) is 0.286. The molecule has 0 aromatic heterocycles. The minimum absolute atomic E-state index is 0.229. The van der Waals surface area contributed by atoms with Crippen LogP contribution in [0.1, 0.15) is 12.5 Å². The maximum absolute atomic E-state index is 11.6. The molecule has 0 unspecified atom stereocenters. The lowest BCUT2D eigenvalue weighted by molar-refractivity contribution is -0.137. The van der Waals surface area contributed by atoms with Gasteiger partial charge in [-0.3, -0.25) is 14.5 Å². The summed E-state index contributed by atoms with van der Waals surface area (Å²) in [4.78, 5) is 24.3. The van der Waals surface area contributed by atoms with E-state index < -0.39 is 0 Å². The number of hydrogen-bond donors (Lipinski definition) is 0. The predicted octanol–water partition coefficient (Wildman–Crippen LogP) is 1.69. The highest BCUT2D eigenvalue weighted by molar-refractivity contribution is 6.15. The van der Waals surface area contributed by atoms with Crippen molar-refractivity contribution in [1.82, 2.24) is 4.90 Å². The third-order valence-corrected chi connectivity index (χ3v) is 2.76. The number of imide groups is 1. The second-order valence-electron chi connectivity index (χ2n) is 4.29. The summed E-state index contributed by atoms with van der Waals surface area (Å²) in [6.45, 7) is 4.21. The van der Waals surface area contributed by atoms with Gasteiger partial charge in [0.2, 0.25) is 0 Å². The molecule has 0 radical (unpaired) electrons. The van der Waals surface area contributed by atoms with Crippen molar-refractivity contribution in [2.45, 2.75) is 13.8 Å². The highest BCUT2D eigenvalue weighted by Gasteiger charge is 2.27. The molecule has 0 saturated heterocycles. The predicted molar refractivity (Wildman–Crippen MR) is 67.2 cm³/mol. The van der Waals surface area contributed by atoms with Gasteiger partial charge >= 0.3 is 0 Å². The Balaban J connectivity index is 1.87. The lowest BCUT2D eigenvalue weighted by Crippen LogP contribution is -2.34. The molecule has 2 amide bonds. The minimum atomic E-state index is -0.259. The van der Waals surface area contributed by atoms with Crippen LogP contribution in [0.5, 0.6) is 5.75 Å². The molecule has 1 heterocycles. The molecule has 2 rings (SSSR count). The maximum Gasteiger partial charge on any atom is 0.256 e. The van der Waals surface area contributed by atoms with Gasteiger partial charge in [0, 0.05) is 11.6 Å². The van der Waals surface area contributed by atoms with Gasteiger partial charge in [0.25, 0.3) is 11.8 Å². The molecule has 0 bridgehead atoms. The van der Waals surface area contributed by atoms with Crippen LogP contribution in [0, 0.1) is 6.92 Å². The van der Waals surface area contributed by atoms with Crippen LogP contribution in [0.25, 0.3) is 0 Å². The van der Waals surface area contributed by atoms with Crippen LogP contribution in [0.4, 0.5) is 0 Å². The molecule has 0 aliphatic carbocycles. The summed E-state index contributed by atoms with van der Waals surface area (Å²) in [6.07, 6.45) is 1.36. The number of carbonyl (C=O) groups is 2. The van der Waals surface area contributed by atoms with E-state index in [1.165, 1.54) is 11.0 Å². The van der Waals surface area contributed by atoms with Crippen molar-refractivity contribution in [3.63, 3.8) is 0 Å². The molecule has 1 aliphatic rings. The van der Waals surface area contributed by atoms with E-state index in [4.69, 9.17) is 4.74 Å². The molecule has 1 aromatic rings. The third kappa shape index (κ3) is 2.59. The van der Waals surface area contributed by atoms with Crippen LogP contribution >= 0.6 is 0 Å². The van der Waals surface area contributed by atoms with E-state index in [0.717, 1.165) is 11.3 Å². The van der Waals surface area contributed by atoms with E-state index in [1.807, 2.05) is 31.2 Å². The third-order valence-electron chi connectivity index (χ3n) is 2.76. The first-order chi connectivity index (χ1) is 8.58. The maximum atomic E-state index is 11.6. The Morgan fingerprint density at radius 3 is 2.61 bits per heavy atom. The zero-order valence-corrected chi connectivity index (χ0v) is 10.5. The summed E-state index contributed by atoms with van der Waals surface area (Å²) in [5.41, 5.74) is 1.59. The quantitative estimate of drug-likeness (QED) is 0.758. The van der Waals surface area contributed by atoms with Crippen LogP contribution in [-0.2, 0) is 9.59 Å².